The first-order chi connectivity index (χ1) is 15.7. The Morgan fingerprint density at radius 2 is 1.64 bits per heavy atom. The molecule has 0 aliphatic carbocycles. The Kier molecular flexibility index (Phi) is 5.92. The zero-order chi connectivity index (χ0) is 23.6. The Morgan fingerprint density at radius 3 is 2.27 bits per heavy atom. The Hall–Kier alpha value is -4.06. The number of anilines is 2. The van der Waals surface area contributed by atoms with Crippen LogP contribution in [0.3, 0.4) is 0 Å². The number of carbonyl (C=O) groups is 2. The van der Waals surface area contributed by atoms with Gasteiger partial charge in [-0.05, 0) is 50.2 Å². The molecule has 1 unspecified atom stereocenters. The number of sulfonamides is 1. The topological polar surface area (TPSA) is 147 Å². The number of hydrogen-bond acceptors (Lipinski definition) is 7. The maximum atomic E-state index is 12.6. The summed E-state index contributed by atoms with van der Waals surface area (Å²) >= 11 is 0. The van der Waals surface area contributed by atoms with Gasteiger partial charge >= 0.3 is 0 Å². The first-order valence-corrected chi connectivity index (χ1v) is 11.5. The highest BCUT2D eigenvalue weighted by Crippen LogP contribution is 2.23. The van der Waals surface area contributed by atoms with Crippen LogP contribution in [-0.2, 0) is 19.6 Å². The third-order valence-electron chi connectivity index (χ3n) is 5.00. The van der Waals surface area contributed by atoms with Crippen molar-refractivity contribution in [2.45, 2.75) is 30.8 Å². The summed E-state index contributed by atoms with van der Waals surface area (Å²) in [7, 11) is -3.68. The van der Waals surface area contributed by atoms with Gasteiger partial charge in [0, 0.05) is 16.9 Å². The largest absolute Gasteiger partial charge is 0.324 e. The molecule has 33 heavy (non-hydrogen) atoms. The smallest absolute Gasteiger partial charge is 0.263 e. The molecule has 170 valence electrons. The van der Waals surface area contributed by atoms with E-state index in [0.29, 0.717) is 16.9 Å². The summed E-state index contributed by atoms with van der Waals surface area (Å²) < 4.78 is 28.2. The van der Waals surface area contributed by atoms with E-state index in [1.807, 2.05) is 0 Å². The summed E-state index contributed by atoms with van der Waals surface area (Å²) in [6.45, 7) is 3.27. The average Bonchev–Trinajstić information content (AvgIpc) is 3.41. The van der Waals surface area contributed by atoms with Crippen LogP contribution in [0.5, 0.6) is 0 Å². The maximum absolute atomic E-state index is 12.6. The lowest BCUT2D eigenvalue weighted by Gasteiger charge is -2.13. The van der Waals surface area contributed by atoms with E-state index in [1.165, 1.54) is 23.4 Å². The molecule has 2 atom stereocenters. The second-order valence-electron chi connectivity index (χ2n) is 7.36. The van der Waals surface area contributed by atoms with Crippen LogP contribution in [0.25, 0.3) is 0 Å². The van der Waals surface area contributed by atoms with Gasteiger partial charge in [-0.25, -0.2) is 18.1 Å². The van der Waals surface area contributed by atoms with Gasteiger partial charge in [-0.2, -0.15) is 5.10 Å². The number of carbonyl (C=O) groups excluding carboxylic acids is 2. The van der Waals surface area contributed by atoms with Crippen LogP contribution in [0.2, 0.25) is 0 Å². The van der Waals surface area contributed by atoms with Gasteiger partial charge in [0.2, 0.25) is 11.8 Å². The second kappa shape index (κ2) is 8.82. The van der Waals surface area contributed by atoms with Gasteiger partial charge in [-0.3, -0.25) is 19.3 Å². The van der Waals surface area contributed by atoms with E-state index in [2.05, 4.69) is 30.4 Å². The molecule has 4 rings (SSSR count). The zero-order valence-electron chi connectivity index (χ0n) is 17.8. The van der Waals surface area contributed by atoms with Gasteiger partial charge in [0.05, 0.1) is 4.90 Å². The normalized spacial score (nSPS) is 17.0. The molecule has 0 spiro atoms. The summed E-state index contributed by atoms with van der Waals surface area (Å²) in [5.41, 5.74) is 1.48. The van der Waals surface area contributed by atoms with Gasteiger partial charge in [0.15, 0.2) is 0 Å². The second-order valence-corrected chi connectivity index (χ2v) is 9.01. The van der Waals surface area contributed by atoms with Gasteiger partial charge in [0.25, 0.3) is 10.0 Å². The fourth-order valence-corrected chi connectivity index (χ4v) is 4.39. The van der Waals surface area contributed by atoms with Crippen LogP contribution >= 0.6 is 0 Å². The minimum atomic E-state index is -3.68. The van der Waals surface area contributed by atoms with Crippen molar-refractivity contribution in [1.82, 2.24) is 19.5 Å². The first kappa shape index (κ1) is 22.1. The van der Waals surface area contributed by atoms with Crippen molar-refractivity contribution in [3.8, 4) is 0 Å². The van der Waals surface area contributed by atoms with Gasteiger partial charge in [-0.1, -0.05) is 12.1 Å². The van der Waals surface area contributed by atoms with E-state index in [0.717, 1.165) is 0 Å². The molecule has 1 aliphatic heterocycles. The molecule has 3 aromatic rings. The number of nitrogens with zero attached hydrogens (tertiary/aromatic N) is 4. The van der Waals surface area contributed by atoms with Crippen molar-refractivity contribution < 1.29 is 18.0 Å². The van der Waals surface area contributed by atoms with Crippen molar-refractivity contribution >= 4 is 39.0 Å². The molecular weight excluding hydrogens is 446 g/mol. The van der Waals surface area contributed by atoms with E-state index >= 15 is 0 Å². The van der Waals surface area contributed by atoms with Crippen molar-refractivity contribution in [1.29, 1.82) is 0 Å². The molecule has 0 bridgehead atoms. The van der Waals surface area contributed by atoms with Crippen molar-refractivity contribution in [3.05, 3.63) is 66.7 Å². The fraction of sp³-hybridized carbons (Fsp3) is 0.190. The number of aromatic nitrogens is 3. The highest BCUT2D eigenvalue weighted by atomic mass is 32.2. The Morgan fingerprint density at radius 1 is 1.00 bits per heavy atom. The quantitative estimate of drug-likeness (QED) is 0.501. The van der Waals surface area contributed by atoms with Crippen LogP contribution in [-0.4, -0.2) is 46.9 Å². The monoisotopic (exact) mass is 467 g/mol. The summed E-state index contributed by atoms with van der Waals surface area (Å²) in [6, 6.07) is 11.6. The lowest BCUT2D eigenvalue weighted by molar-refractivity contribution is -0.119. The molecule has 12 heteroatoms. The Labute approximate surface area is 190 Å². The molecule has 1 aromatic heterocycles. The van der Waals surface area contributed by atoms with E-state index in [4.69, 9.17) is 0 Å². The van der Waals surface area contributed by atoms with Crippen LogP contribution in [0, 0.1) is 0 Å². The molecule has 2 aromatic carbocycles. The standard InChI is InChI=1S/C21H21N7O4S/c1-13(24-19-17-5-3-4-6-18(17)33(31,32)27-19)20(29)25-15-7-9-16(10-8-15)26-21(30)14(2)28-12-22-11-23-28/h3-14H,1-2H3,(H,24,27)(H,25,29)(H,26,30)/t13-,14?/m0/s1. The highest BCUT2D eigenvalue weighted by molar-refractivity contribution is 7.90. The molecular formula is C21H21N7O4S. The summed E-state index contributed by atoms with van der Waals surface area (Å²) in [5, 5.41) is 9.45. The minimum Gasteiger partial charge on any atom is -0.324 e. The molecule has 11 nitrogen and oxygen atoms in total. The molecule has 2 heterocycles. The lowest BCUT2D eigenvalue weighted by Crippen LogP contribution is -2.28. The van der Waals surface area contributed by atoms with E-state index < -0.39 is 28.0 Å². The zero-order valence-corrected chi connectivity index (χ0v) is 18.6. The van der Waals surface area contributed by atoms with Crippen LogP contribution in [0.4, 0.5) is 11.4 Å². The van der Waals surface area contributed by atoms with E-state index in [9.17, 15) is 18.0 Å². The molecule has 0 saturated heterocycles. The number of amidine groups is 1. The average molecular weight is 468 g/mol. The third-order valence-corrected chi connectivity index (χ3v) is 6.39. The molecule has 1 aliphatic rings. The van der Waals surface area contributed by atoms with Gasteiger partial charge in [0.1, 0.15) is 30.6 Å². The lowest BCUT2D eigenvalue weighted by atomic mass is 10.2. The summed E-state index contributed by atoms with van der Waals surface area (Å²) in [4.78, 5) is 33.1. The number of nitrogens with one attached hydrogen (secondary N) is 3. The Balaban J connectivity index is 1.39. The highest BCUT2D eigenvalue weighted by Gasteiger charge is 2.31. The first-order valence-electron chi connectivity index (χ1n) is 10.0. The van der Waals surface area contributed by atoms with Crippen molar-refractivity contribution in [2.75, 3.05) is 10.6 Å². The summed E-state index contributed by atoms with van der Waals surface area (Å²) in [6.07, 6.45) is 2.82. The molecule has 0 saturated carbocycles. The number of hydrogen-bond donors (Lipinski definition) is 3. The SMILES string of the molecule is CC(C(=O)Nc1ccc(NC(=O)[C@H](C)N=C2NS(=O)(=O)c3ccccc32)cc1)n1cncn1. The predicted molar refractivity (Wildman–Crippen MR) is 121 cm³/mol. The number of aliphatic imine (C=N–C) groups is 1. The fourth-order valence-electron chi connectivity index (χ4n) is 3.15. The third kappa shape index (κ3) is 4.75. The Bertz CT molecular complexity index is 1320. The van der Waals surface area contributed by atoms with Crippen molar-refractivity contribution in [3.63, 3.8) is 0 Å². The molecule has 0 radical (unpaired) electrons. The van der Waals surface area contributed by atoms with Gasteiger partial charge < -0.3 is 10.6 Å². The van der Waals surface area contributed by atoms with Crippen LogP contribution < -0.4 is 15.4 Å². The number of rotatable bonds is 6. The molecule has 0 fully saturated rings. The molecule has 2 amide bonds. The summed E-state index contributed by atoms with van der Waals surface area (Å²) in [5.74, 6) is -0.545. The molecule has 3 N–H and O–H groups in total. The van der Waals surface area contributed by atoms with E-state index in [-0.39, 0.29) is 16.6 Å². The minimum absolute atomic E-state index is 0.132. The van der Waals surface area contributed by atoms with Gasteiger partial charge in [-0.15, -0.1) is 0 Å². The van der Waals surface area contributed by atoms with Crippen LogP contribution in [0.15, 0.2) is 71.1 Å². The number of benzene rings is 2. The number of amides is 2. The maximum Gasteiger partial charge on any atom is 0.263 e. The van der Waals surface area contributed by atoms with Crippen LogP contribution in [0.1, 0.15) is 25.5 Å². The van der Waals surface area contributed by atoms with E-state index in [1.54, 1.807) is 56.3 Å². The van der Waals surface area contributed by atoms with Crippen molar-refractivity contribution in [2.24, 2.45) is 4.99 Å². The predicted octanol–water partition coefficient (Wildman–Crippen LogP) is 1.54. The number of fused-ring (bicyclic) bond motifs is 1.